The normalized spacial score (nSPS) is 10.6. The number of primary amides is 1. The quantitative estimate of drug-likeness (QED) is 0.786. The number of aryl methyl sites for hydroxylation is 1. The molecule has 0 bridgehead atoms. The molecule has 0 atom stereocenters. The lowest BCUT2D eigenvalue weighted by molar-refractivity contribution is 0.100. The van der Waals surface area contributed by atoms with Gasteiger partial charge in [-0.25, -0.2) is 4.68 Å². The Kier molecular flexibility index (Phi) is 3.06. The van der Waals surface area contributed by atoms with Crippen molar-refractivity contribution in [3.8, 4) is 0 Å². The van der Waals surface area contributed by atoms with Gasteiger partial charge in [-0.1, -0.05) is 5.21 Å². The van der Waals surface area contributed by atoms with Crippen molar-refractivity contribution in [3.05, 3.63) is 34.1 Å². The third kappa shape index (κ3) is 2.12. The Labute approximate surface area is 101 Å². The zero-order valence-electron chi connectivity index (χ0n) is 8.76. The first-order chi connectivity index (χ1) is 8.13. The van der Waals surface area contributed by atoms with E-state index in [0.717, 1.165) is 0 Å². The second-order valence-electron chi connectivity index (χ2n) is 3.40. The first-order valence-corrected chi connectivity index (χ1v) is 5.40. The molecule has 88 valence electrons. The average molecular weight is 253 g/mol. The van der Waals surface area contributed by atoms with Crippen LogP contribution in [0.25, 0.3) is 10.9 Å². The number of alkyl halides is 1. The molecule has 0 radical (unpaired) electrons. The van der Waals surface area contributed by atoms with Crippen molar-refractivity contribution in [1.29, 1.82) is 0 Å². The third-order valence-electron chi connectivity index (χ3n) is 2.30. The van der Waals surface area contributed by atoms with E-state index in [1.165, 1.54) is 22.9 Å². The standard InChI is InChI=1S/C10H9ClN4O2/c11-3-4-15-10(17)7-2-1-6(9(12)16)5-8(7)13-14-15/h1-2,5H,3-4H2,(H2,12,16). The number of rotatable bonds is 3. The molecular formula is C10H9ClN4O2. The van der Waals surface area contributed by atoms with Crippen molar-refractivity contribution in [2.45, 2.75) is 6.54 Å². The molecule has 0 unspecified atom stereocenters. The Hall–Kier alpha value is -1.95. The van der Waals surface area contributed by atoms with Crippen LogP contribution in [-0.4, -0.2) is 26.8 Å². The van der Waals surface area contributed by atoms with Crippen molar-refractivity contribution in [1.82, 2.24) is 15.0 Å². The van der Waals surface area contributed by atoms with Crippen LogP contribution in [0.1, 0.15) is 10.4 Å². The first kappa shape index (κ1) is 11.5. The van der Waals surface area contributed by atoms with Gasteiger partial charge in [-0.3, -0.25) is 9.59 Å². The number of benzene rings is 1. The van der Waals surface area contributed by atoms with Gasteiger partial charge in [-0.2, -0.15) is 0 Å². The summed E-state index contributed by atoms with van der Waals surface area (Å²) in [5.74, 6) is -0.293. The van der Waals surface area contributed by atoms with E-state index in [-0.39, 0.29) is 11.4 Å². The third-order valence-corrected chi connectivity index (χ3v) is 2.47. The molecule has 1 aromatic carbocycles. The fraction of sp³-hybridized carbons (Fsp3) is 0.200. The Balaban J connectivity index is 2.64. The zero-order chi connectivity index (χ0) is 12.4. The second kappa shape index (κ2) is 4.50. The van der Waals surface area contributed by atoms with Crippen LogP contribution in [0.15, 0.2) is 23.0 Å². The molecule has 17 heavy (non-hydrogen) atoms. The summed E-state index contributed by atoms with van der Waals surface area (Å²) in [6, 6.07) is 4.44. The SMILES string of the molecule is NC(=O)c1ccc2c(=O)n(CCCl)nnc2c1. The summed E-state index contributed by atoms with van der Waals surface area (Å²) in [5.41, 5.74) is 5.48. The average Bonchev–Trinajstić information content (AvgIpc) is 2.32. The predicted octanol–water partition coefficient (Wildman–Crippen LogP) is 0.129. The second-order valence-corrected chi connectivity index (χ2v) is 3.78. The number of carbonyl (C=O) groups is 1. The lowest BCUT2D eigenvalue weighted by Gasteiger charge is -2.03. The molecule has 1 aromatic heterocycles. The number of fused-ring (bicyclic) bond motifs is 1. The van der Waals surface area contributed by atoms with Crippen molar-refractivity contribution < 1.29 is 4.79 Å². The molecule has 0 saturated carbocycles. The van der Waals surface area contributed by atoms with Gasteiger partial charge in [0.1, 0.15) is 5.52 Å². The van der Waals surface area contributed by atoms with Gasteiger partial charge in [0.05, 0.1) is 11.9 Å². The predicted molar refractivity (Wildman–Crippen MR) is 63.0 cm³/mol. The van der Waals surface area contributed by atoms with Gasteiger partial charge in [0, 0.05) is 11.4 Å². The Bertz CT molecular complexity index is 638. The van der Waals surface area contributed by atoms with Crippen LogP contribution >= 0.6 is 11.6 Å². The topological polar surface area (TPSA) is 90.9 Å². The number of nitrogens with two attached hydrogens (primary N) is 1. The van der Waals surface area contributed by atoms with E-state index in [0.29, 0.717) is 23.0 Å². The maximum absolute atomic E-state index is 11.9. The van der Waals surface area contributed by atoms with Crippen LogP contribution < -0.4 is 11.3 Å². The molecule has 7 heteroatoms. The molecule has 0 fully saturated rings. The Morgan fingerprint density at radius 1 is 1.47 bits per heavy atom. The Morgan fingerprint density at radius 2 is 2.24 bits per heavy atom. The summed E-state index contributed by atoms with van der Waals surface area (Å²) >= 11 is 5.54. The molecule has 2 N–H and O–H groups in total. The number of nitrogens with zero attached hydrogens (tertiary/aromatic N) is 3. The minimum atomic E-state index is -0.571. The molecule has 0 aliphatic heterocycles. The van der Waals surface area contributed by atoms with Gasteiger partial charge in [0.2, 0.25) is 5.91 Å². The van der Waals surface area contributed by atoms with Crippen LogP contribution in [0.2, 0.25) is 0 Å². The summed E-state index contributed by atoms with van der Waals surface area (Å²) in [6.45, 7) is 0.293. The molecule has 1 heterocycles. The van der Waals surface area contributed by atoms with E-state index < -0.39 is 5.91 Å². The van der Waals surface area contributed by atoms with Crippen molar-refractivity contribution in [2.75, 3.05) is 5.88 Å². The highest BCUT2D eigenvalue weighted by atomic mass is 35.5. The molecule has 2 aromatic rings. The van der Waals surface area contributed by atoms with E-state index in [9.17, 15) is 9.59 Å². The highest BCUT2D eigenvalue weighted by molar-refractivity contribution is 6.17. The van der Waals surface area contributed by atoms with Crippen LogP contribution in [0.3, 0.4) is 0 Å². The number of hydrogen-bond acceptors (Lipinski definition) is 4. The molecule has 1 amide bonds. The summed E-state index contributed by atoms with van der Waals surface area (Å²) in [4.78, 5) is 22.9. The zero-order valence-corrected chi connectivity index (χ0v) is 9.52. The lowest BCUT2D eigenvalue weighted by atomic mass is 10.1. The van der Waals surface area contributed by atoms with Crippen LogP contribution in [-0.2, 0) is 6.54 Å². The van der Waals surface area contributed by atoms with Gasteiger partial charge >= 0.3 is 0 Å². The van der Waals surface area contributed by atoms with Crippen molar-refractivity contribution >= 4 is 28.4 Å². The van der Waals surface area contributed by atoms with Crippen molar-refractivity contribution in [3.63, 3.8) is 0 Å². The number of carbonyl (C=O) groups excluding carboxylic acids is 1. The summed E-state index contributed by atoms with van der Waals surface area (Å²) in [7, 11) is 0. The number of hydrogen-bond donors (Lipinski definition) is 1. The fourth-order valence-electron chi connectivity index (χ4n) is 1.46. The molecular weight excluding hydrogens is 244 g/mol. The molecule has 0 aliphatic carbocycles. The van der Waals surface area contributed by atoms with E-state index >= 15 is 0 Å². The number of amides is 1. The van der Waals surface area contributed by atoms with E-state index in [4.69, 9.17) is 17.3 Å². The molecule has 0 saturated heterocycles. The molecule has 0 spiro atoms. The van der Waals surface area contributed by atoms with Crippen molar-refractivity contribution in [2.24, 2.45) is 5.73 Å². The Morgan fingerprint density at radius 3 is 2.88 bits per heavy atom. The summed E-state index contributed by atoms with van der Waals surface area (Å²) in [5, 5.41) is 7.95. The minimum Gasteiger partial charge on any atom is -0.366 e. The summed E-state index contributed by atoms with van der Waals surface area (Å²) < 4.78 is 1.18. The maximum atomic E-state index is 11.9. The highest BCUT2D eigenvalue weighted by Gasteiger charge is 2.08. The maximum Gasteiger partial charge on any atom is 0.277 e. The smallest absolute Gasteiger partial charge is 0.277 e. The van der Waals surface area contributed by atoms with Gasteiger partial charge in [0.25, 0.3) is 5.56 Å². The molecule has 0 aliphatic rings. The monoisotopic (exact) mass is 252 g/mol. The first-order valence-electron chi connectivity index (χ1n) is 4.87. The summed E-state index contributed by atoms with van der Waals surface area (Å²) in [6.07, 6.45) is 0. The fourth-order valence-corrected chi connectivity index (χ4v) is 1.62. The van der Waals surface area contributed by atoms with Crippen LogP contribution in [0, 0.1) is 0 Å². The largest absolute Gasteiger partial charge is 0.366 e. The number of aromatic nitrogens is 3. The molecule has 2 rings (SSSR count). The number of halogens is 1. The van der Waals surface area contributed by atoms with E-state index in [2.05, 4.69) is 10.3 Å². The van der Waals surface area contributed by atoms with Gasteiger partial charge in [0.15, 0.2) is 0 Å². The van der Waals surface area contributed by atoms with Gasteiger partial charge < -0.3 is 5.73 Å². The van der Waals surface area contributed by atoms with Gasteiger partial charge in [-0.05, 0) is 18.2 Å². The highest BCUT2D eigenvalue weighted by Crippen LogP contribution is 2.08. The van der Waals surface area contributed by atoms with Gasteiger partial charge in [-0.15, -0.1) is 16.7 Å². The lowest BCUT2D eigenvalue weighted by Crippen LogP contribution is -2.25. The van der Waals surface area contributed by atoms with Crippen LogP contribution in [0.4, 0.5) is 0 Å². The minimum absolute atomic E-state index is 0.277. The van der Waals surface area contributed by atoms with Crippen LogP contribution in [0.5, 0.6) is 0 Å². The van der Waals surface area contributed by atoms with E-state index in [1.807, 2.05) is 0 Å². The molecule has 6 nitrogen and oxygen atoms in total. The van der Waals surface area contributed by atoms with E-state index in [1.54, 1.807) is 0 Å².